The third-order valence-electron chi connectivity index (χ3n) is 8.49. The zero-order valence-corrected chi connectivity index (χ0v) is 48.7. The summed E-state index contributed by atoms with van der Waals surface area (Å²) in [6.45, 7) is 19.4. The standard InChI is InChI=1S/C23H29N4O9P.C14H10N4O5.C9H20ClO4P.Na/c1-22(2,3)35-37(32,36-23(4,5)6)33-15-25-20(28)14-26(21(25)29)24-13-18-11-12-19(34-18)16-7-9-17(10-8-16)27(30)31;19-13-8-17(14(20)16-13)15-7-11-5-6-12(23-11)9-1-3-10(4-2-9)18(21)22;1-8(2,3)13-15(11,12-7-10)14-9(4,5)6;/h7-13H,14-15H2,1-6H3;1-7H,8H2,(H,16,19,20);7H2,1-6H3;/q;;;+1/p-1/b24-13+;15-7+;;. The fraction of sp³-hybridized carbons (Fsp3) is 0.435. The molecule has 26 nitrogen and oxygen atoms in total. The number of furan rings is 2. The number of hydrogen-bond donors (Lipinski definition) is 0. The molecular weight excluding hydrogens is 1070 g/mol. The Morgan fingerprint density at radius 2 is 1.00 bits per heavy atom. The summed E-state index contributed by atoms with van der Waals surface area (Å²) >= 11 is 5.39. The van der Waals surface area contributed by atoms with Crippen LogP contribution in [0.2, 0.25) is 0 Å². The minimum Gasteiger partial charge on any atom is -0.455 e. The van der Waals surface area contributed by atoms with Gasteiger partial charge in [-0.25, -0.2) is 23.8 Å². The smallest absolute Gasteiger partial charge is 0.455 e. The molecule has 2 saturated heterocycles. The summed E-state index contributed by atoms with van der Waals surface area (Å²) in [5.74, 6) is 0.415. The number of hydrazone groups is 2. The van der Waals surface area contributed by atoms with E-state index in [-0.39, 0.29) is 65.8 Å². The van der Waals surface area contributed by atoms with Crippen LogP contribution in [0.1, 0.15) is 94.6 Å². The number of non-ortho nitro benzene ring substituents is 2. The van der Waals surface area contributed by atoms with Gasteiger partial charge < -0.3 is 19.2 Å². The fourth-order valence-corrected chi connectivity index (χ4v) is 9.51. The van der Waals surface area contributed by atoms with E-state index >= 15 is 0 Å². The molecule has 4 heterocycles. The first-order chi connectivity index (χ1) is 34.6. The molecule has 2 aromatic carbocycles. The number of imide groups is 2. The van der Waals surface area contributed by atoms with Crippen molar-refractivity contribution >= 4 is 74.9 Å². The molecule has 0 bridgehead atoms. The predicted octanol–water partition coefficient (Wildman–Crippen LogP) is 8.63. The average Bonchev–Trinajstić information content (AvgIpc) is 4.06. The van der Waals surface area contributed by atoms with Crippen molar-refractivity contribution in [3.63, 3.8) is 0 Å². The molecule has 6 rings (SSSR count). The third kappa shape index (κ3) is 21.5. The molecule has 0 unspecified atom stereocenters. The quantitative estimate of drug-likeness (QED) is 0.0181. The minimum atomic E-state index is -4.14. The van der Waals surface area contributed by atoms with Crippen LogP contribution in [0.4, 0.5) is 21.0 Å². The summed E-state index contributed by atoms with van der Waals surface area (Å²) in [6.07, 6.45) is 2.54. The molecule has 6 amide bonds. The molecule has 2 aliphatic heterocycles. The zero-order valence-electron chi connectivity index (χ0n) is 44.1. The Kier molecular flexibility index (Phi) is 22.8. The third-order valence-corrected chi connectivity index (χ3v) is 12.7. The van der Waals surface area contributed by atoms with E-state index in [1.807, 2.05) is 0 Å². The normalized spacial score (nSPS) is 14.7. The van der Waals surface area contributed by atoms with Crippen LogP contribution in [0.25, 0.3) is 28.0 Å². The molecule has 0 aliphatic carbocycles. The maximum absolute atomic E-state index is 13.2. The molecule has 408 valence electrons. The number of carbonyl (C=O) groups is 4. The summed E-state index contributed by atoms with van der Waals surface area (Å²) in [4.78, 5) is 68.6. The molecule has 76 heavy (non-hydrogen) atoms. The van der Waals surface area contributed by atoms with Gasteiger partial charge in [0.05, 0.1) is 44.7 Å². The Hall–Kier alpha value is -5.47. The molecule has 2 aromatic heterocycles. The number of amides is 6. The number of phosphoric ester groups is 2. The van der Waals surface area contributed by atoms with E-state index in [0.29, 0.717) is 28.4 Å². The number of alkyl halides is 1. The molecule has 2 aliphatic rings. The SMILES string of the molecule is CC(C)(C)OP(=O)(OCCl)OC(C)(C)C.CC(C)(C)OP(=O)(OCN1C(=O)CN(/N=C/c2ccc(-c3ccc([N+](=O)[O-])cc3)o2)C1=O)OC(C)(C)C.O=C1CN(/N=C/c2ccc(-c3ccc([N+](=O)[O-])cc3)o2)C(=O)[N-]1.[Na+]. The minimum absolute atomic E-state index is 0. The monoisotopic (exact) mass is 1130 g/mol. The number of nitro benzene ring substituents is 2. The fourth-order valence-electron chi connectivity index (χ4n) is 5.81. The number of benzene rings is 2. The Morgan fingerprint density at radius 3 is 1.34 bits per heavy atom. The number of halogens is 1. The van der Waals surface area contributed by atoms with Crippen LogP contribution >= 0.6 is 27.2 Å². The van der Waals surface area contributed by atoms with Crippen LogP contribution in [0.15, 0.2) is 91.8 Å². The number of nitro groups is 2. The summed E-state index contributed by atoms with van der Waals surface area (Å²) in [5.41, 5.74) is -1.78. The van der Waals surface area contributed by atoms with Crippen molar-refractivity contribution in [2.45, 2.75) is 105 Å². The molecule has 0 saturated carbocycles. The van der Waals surface area contributed by atoms with E-state index < -0.39 is 78.5 Å². The van der Waals surface area contributed by atoms with Gasteiger partial charge >= 0.3 is 51.2 Å². The van der Waals surface area contributed by atoms with Crippen molar-refractivity contribution in [1.29, 1.82) is 0 Å². The van der Waals surface area contributed by atoms with Crippen molar-refractivity contribution in [3.05, 3.63) is 110 Å². The van der Waals surface area contributed by atoms with Crippen LogP contribution in [-0.4, -0.2) is 109 Å². The Balaban J connectivity index is 0.000000332. The van der Waals surface area contributed by atoms with Crippen LogP contribution in [0.5, 0.6) is 0 Å². The van der Waals surface area contributed by atoms with E-state index in [1.165, 1.54) is 36.7 Å². The van der Waals surface area contributed by atoms with Gasteiger partial charge in [-0.15, -0.1) is 0 Å². The van der Waals surface area contributed by atoms with Crippen molar-refractivity contribution in [1.82, 2.24) is 14.9 Å². The molecular formula is C46H58ClN8NaO18P2. The first-order valence-electron chi connectivity index (χ1n) is 22.4. The van der Waals surface area contributed by atoms with Gasteiger partial charge in [0.2, 0.25) is 0 Å². The van der Waals surface area contributed by atoms with Crippen molar-refractivity contribution in [2.75, 3.05) is 25.9 Å². The molecule has 0 spiro atoms. The first-order valence-corrected chi connectivity index (χ1v) is 25.8. The van der Waals surface area contributed by atoms with Gasteiger partial charge in [-0.3, -0.25) is 66.9 Å². The van der Waals surface area contributed by atoms with Gasteiger partial charge in [0.15, 0.2) is 11.9 Å². The number of nitrogens with zero attached hydrogens (tertiary/aromatic N) is 8. The van der Waals surface area contributed by atoms with Crippen LogP contribution in [0, 0.1) is 20.2 Å². The van der Waals surface area contributed by atoms with E-state index in [2.05, 4.69) is 15.5 Å². The topological polar surface area (TPSA) is 319 Å². The van der Waals surface area contributed by atoms with Crippen molar-refractivity contribution < 1.29 is 104 Å². The van der Waals surface area contributed by atoms with Gasteiger partial charge in [-0.2, -0.15) is 5.10 Å². The Labute approximate surface area is 465 Å². The summed E-state index contributed by atoms with van der Waals surface area (Å²) < 4.78 is 68.2. The van der Waals surface area contributed by atoms with Gasteiger partial charge in [-0.05, 0) is 132 Å². The second-order valence-electron chi connectivity index (χ2n) is 19.7. The summed E-state index contributed by atoms with van der Waals surface area (Å²) in [7, 11) is -7.74. The first kappa shape index (κ1) is 64.8. The van der Waals surface area contributed by atoms with Gasteiger partial charge in [0.25, 0.3) is 17.3 Å². The maximum Gasteiger partial charge on any atom is 1.00 e. The summed E-state index contributed by atoms with van der Waals surface area (Å²) in [6, 6.07) is 16.5. The molecule has 4 aromatic rings. The number of hydrogen-bond acceptors (Lipinski definition) is 20. The zero-order chi connectivity index (χ0) is 56.3. The second-order valence-corrected chi connectivity index (χ2v) is 23.0. The van der Waals surface area contributed by atoms with Gasteiger partial charge in [0, 0.05) is 41.9 Å². The molecule has 2 fully saturated rings. The van der Waals surface area contributed by atoms with Crippen molar-refractivity contribution in [3.8, 4) is 22.6 Å². The largest absolute Gasteiger partial charge is 1.00 e. The van der Waals surface area contributed by atoms with E-state index in [9.17, 15) is 48.5 Å². The van der Waals surface area contributed by atoms with E-state index in [0.717, 1.165) is 14.9 Å². The maximum atomic E-state index is 13.2. The predicted molar refractivity (Wildman–Crippen MR) is 273 cm³/mol. The molecule has 0 atom stereocenters. The Morgan fingerprint density at radius 1 is 0.618 bits per heavy atom. The number of rotatable bonds is 17. The number of carbonyl (C=O) groups excluding carboxylic acids is 4. The molecule has 0 N–H and O–H groups in total. The average molecular weight is 1130 g/mol. The van der Waals surface area contributed by atoms with Crippen LogP contribution < -0.4 is 29.6 Å². The van der Waals surface area contributed by atoms with Crippen LogP contribution in [0.3, 0.4) is 0 Å². The summed E-state index contributed by atoms with van der Waals surface area (Å²) in [5, 5.41) is 34.3. The Bertz CT molecular complexity index is 2810. The van der Waals surface area contributed by atoms with Gasteiger partial charge in [-0.1, -0.05) is 11.6 Å². The van der Waals surface area contributed by atoms with Crippen LogP contribution in [-0.2, 0) is 45.9 Å². The second kappa shape index (κ2) is 26.7. The molecule has 0 radical (unpaired) electrons. The number of urea groups is 2. The van der Waals surface area contributed by atoms with E-state index in [4.69, 9.17) is 47.6 Å². The number of phosphoric acid groups is 2. The van der Waals surface area contributed by atoms with E-state index in [1.54, 1.807) is 132 Å². The van der Waals surface area contributed by atoms with Crippen molar-refractivity contribution in [2.24, 2.45) is 10.2 Å². The molecule has 30 heteroatoms. The van der Waals surface area contributed by atoms with Gasteiger partial charge in [0.1, 0.15) is 42.4 Å².